The highest BCUT2D eigenvalue weighted by molar-refractivity contribution is 5.80. The molecule has 1 heterocycles. The molecule has 1 saturated heterocycles. The molecule has 0 aliphatic carbocycles. The van der Waals surface area contributed by atoms with Gasteiger partial charge in [0.15, 0.2) is 5.96 Å². The molecular weight excluding hydrogens is 284 g/mol. The zero-order chi connectivity index (χ0) is 16.4. The Balaban J connectivity index is 2.20. The minimum absolute atomic E-state index is 0.172. The number of aliphatic imine (C=N–C) groups is 1. The van der Waals surface area contributed by atoms with Crippen molar-refractivity contribution in [1.82, 2.24) is 15.5 Å². The van der Waals surface area contributed by atoms with Crippen LogP contribution in [0.4, 0.5) is 0 Å². The van der Waals surface area contributed by atoms with Crippen molar-refractivity contribution >= 4 is 17.8 Å². The van der Waals surface area contributed by atoms with Gasteiger partial charge in [-0.1, -0.05) is 6.92 Å². The number of hydrogen-bond donors (Lipinski definition) is 2. The summed E-state index contributed by atoms with van der Waals surface area (Å²) >= 11 is 0. The number of unbranched alkanes of at least 4 members (excludes halogenated alkanes) is 1. The number of likely N-dealkylation sites (tertiary alicyclic amines) is 1. The Morgan fingerprint density at radius 3 is 2.77 bits per heavy atom. The van der Waals surface area contributed by atoms with Crippen molar-refractivity contribution in [2.75, 3.05) is 33.8 Å². The van der Waals surface area contributed by atoms with Crippen molar-refractivity contribution in [2.45, 2.75) is 45.1 Å². The van der Waals surface area contributed by atoms with E-state index in [-0.39, 0.29) is 17.9 Å². The first-order chi connectivity index (χ1) is 10.6. The van der Waals surface area contributed by atoms with Crippen molar-refractivity contribution in [3.05, 3.63) is 0 Å². The Kier molecular flexibility index (Phi) is 8.32. The predicted molar refractivity (Wildman–Crippen MR) is 85.6 cm³/mol. The van der Waals surface area contributed by atoms with Crippen LogP contribution in [0, 0.1) is 0 Å². The molecule has 1 amide bonds. The van der Waals surface area contributed by atoms with Crippen LogP contribution in [0.15, 0.2) is 4.99 Å². The lowest BCUT2D eigenvalue weighted by atomic mass is 10.2. The molecule has 1 rings (SSSR count). The first kappa shape index (κ1) is 18.3. The van der Waals surface area contributed by atoms with Gasteiger partial charge in [-0.25, -0.2) is 0 Å². The van der Waals surface area contributed by atoms with Gasteiger partial charge in [-0.3, -0.25) is 14.6 Å². The fourth-order valence-electron chi connectivity index (χ4n) is 2.42. The molecule has 22 heavy (non-hydrogen) atoms. The molecule has 0 bridgehead atoms. The summed E-state index contributed by atoms with van der Waals surface area (Å²) in [5.74, 6) is 0.776. The molecule has 0 aromatic carbocycles. The fraction of sp³-hybridized carbons (Fsp3) is 0.800. The van der Waals surface area contributed by atoms with Crippen LogP contribution in [0.25, 0.3) is 0 Å². The maximum absolute atomic E-state index is 11.7. The van der Waals surface area contributed by atoms with E-state index in [4.69, 9.17) is 0 Å². The third kappa shape index (κ3) is 6.32. The van der Waals surface area contributed by atoms with Crippen LogP contribution in [0.5, 0.6) is 0 Å². The summed E-state index contributed by atoms with van der Waals surface area (Å²) in [6.07, 6.45) is 3.61. The molecule has 1 fully saturated rings. The molecular formula is C15H28N4O3. The normalized spacial score (nSPS) is 18.2. The number of nitrogens with one attached hydrogen (secondary N) is 2. The first-order valence-corrected chi connectivity index (χ1v) is 7.92. The predicted octanol–water partition coefficient (Wildman–Crippen LogP) is 0.506. The van der Waals surface area contributed by atoms with Crippen LogP contribution >= 0.6 is 0 Å². The molecule has 0 saturated carbocycles. The molecule has 7 nitrogen and oxygen atoms in total. The first-order valence-electron chi connectivity index (χ1n) is 7.92. The molecule has 0 spiro atoms. The van der Waals surface area contributed by atoms with E-state index in [9.17, 15) is 9.59 Å². The summed E-state index contributed by atoms with van der Waals surface area (Å²) in [6.45, 7) is 4.18. The van der Waals surface area contributed by atoms with Gasteiger partial charge in [-0.2, -0.15) is 0 Å². The van der Waals surface area contributed by atoms with Crippen LogP contribution in [-0.4, -0.2) is 62.6 Å². The number of ether oxygens (including phenoxy) is 1. The van der Waals surface area contributed by atoms with Crippen molar-refractivity contribution in [1.29, 1.82) is 0 Å². The number of carbonyl (C=O) groups excluding carboxylic acids is 2. The molecule has 1 aliphatic rings. The highest BCUT2D eigenvalue weighted by atomic mass is 16.5. The van der Waals surface area contributed by atoms with Crippen molar-refractivity contribution in [2.24, 2.45) is 4.99 Å². The molecule has 1 aliphatic heterocycles. The second-order valence-corrected chi connectivity index (χ2v) is 5.36. The average molecular weight is 312 g/mol. The van der Waals surface area contributed by atoms with Gasteiger partial charge in [0.25, 0.3) is 0 Å². The third-order valence-electron chi connectivity index (χ3n) is 3.74. The number of esters is 1. The van der Waals surface area contributed by atoms with Gasteiger partial charge in [0, 0.05) is 45.6 Å². The Labute approximate surface area is 132 Å². The number of amides is 1. The summed E-state index contributed by atoms with van der Waals surface area (Å²) in [4.78, 5) is 28.7. The minimum Gasteiger partial charge on any atom is -0.469 e. The molecule has 126 valence electrons. The Morgan fingerprint density at radius 2 is 2.14 bits per heavy atom. The maximum Gasteiger partial charge on any atom is 0.305 e. The second-order valence-electron chi connectivity index (χ2n) is 5.36. The van der Waals surface area contributed by atoms with Gasteiger partial charge in [0.1, 0.15) is 0 Å². The third-order valence-corrected chi connectivity index (χ3v) is 3.74. The lowest BCUT2D eigenvalue weighted by Crippen LogP contribution is -2.45. The number of guanidine groups is 1. The minimum atomic E-state index is -0.172. The van der Waals surface area contributed by atoms with E-state index in [1.165, 1.54) is 7.11 Å². The van der Waals surface area contributed by atoms with Gasteiger partial charge in [0.05, 0.1) is 7.11 Å². The van der Waals surface area contributed by atoms with Crippen LogP contribution in [0.3, 0.4) is 0 Å². The number of carbonyl (C=O) groups is 2. The summed E-state index contributed by atoms with van der Waals surface area (Å²) in [5, 5.41) is 6.57. The van der Waals surface area contributed by atoms with E-state index in [1.54, 1.807) is 7.05 Å². The molecule has 1 atom stereocenters. The van der Waals surface area contributed by atoms with E-state index in [2.05, 4.69) is 20.4 Å². The summed E-state index contributed by atoms with van der Waals surface area (Å²) < 4.78 is 4.60. The Hall–Kier alpha value is -1.79. The monoisotopic (exact) mass is 312 g/mol. The van der Waals surface area contributed by atoms with E-state index in [1.807, 2.05) is 11.8 Å². The fourth-order valence-corrected chi connectivity index (χ4v) is 2.42. The lowest BCUT2D eigenvalue weighted by molar-refractivity contribution is -0.140. The number of methoxy groups -OCH3 is 1. The van der Waals surface area contributed by atoms with Crippen molar-refractivity contribution in [3.8, 4) is 0 Å². The van der Waals surface area contributed by atoms with E-state index < -0.39 is 0 Å². The SMILES string of the molecule is CCC(=O)N1CCC(NC(=NC)NCCCCC(=O)OC)C1. The number of rotatable bonds is 7. The van der Waals surface area contributed by atoms with Crippen LogP contribution in [-0.2, 0) is 14.3 Å². The zero-order valence-electron chi connectivity index (χ0n) is 13.9. The molecule has 1 unspecified atom stereocenters. The summed E-state index contributed by atoms with van der Waals surface area (Å²) in [5.41, 5.74) is 0. The standard InChI is InChI=1S/C15H28N4O3/c1-4-13(20)19-10-8-12(11-19)18-15(16-2)17-9-6-5-7-14(21)22-3/h12H,4-11H2,1-3H3,(H2,16,17,18). The van der Waals surface area contributed by atoms with Gasteiger partial charge in [-0.15, -0.1) is 0 Å². The molecule has 7 heteroatoms. The molecule has 0 aromatic rings. The van der Waals surface area contributed by atoms with Crippen molar-refractivity contribution < 1.29 is 14.3 Å². The summed E-state index contributed by atoms with van der Waals surface area (Å²) in [6, 6.07) is 0.247. The second kappa shape index (κ2) is 10.0. The highest BCUT2D eigenvalue weighted by Gasteiger charge is 2.25. The highest BCUT2D eigenvalue weighted by Crippen LogP contribution is 2.10. The molecule has 2 N–H and O–H groups in total. The smallest absolute Gasteiger partial charge is 0.305 e. The van der Waals surface area contributed by atoms with Gasteiger partial charge in [-0.05, 0) is 19.3 Å². The number of nitrogens with zero attached hydrogens (tertiary/aromatic N) is 2. The maximum atomic E-state index is 11.7. The lowest BCUT2D eigenvalue weighted by Gasteiger charge is -2.18. The largest absolute Gasteiger partial charge is 0.469 e. The average Bonchev–Trinajstić information content (AvgIpc) is 3.00. The quantitative estimate of drug-likeness (QED) is 0.310. The van der Waals surface area contributed by atoms with E-state index >= 15 is 0 Å². The topological polar surface area (TPSA) is 83.0 Å². The summed E-state index contributed by atoms with van der Waals surface area (Å²) in [7, 11) is 3.13. The van der Waals surface area contributed by atoms with Gasteiger partial charge in [0.2, 0.25) is 5.91 Å². The molecule has 0 radical (unpaired) electrons. The molecule has 0 aromatic heterocycles. The van der Waals surface area contributed by atoms with Crippen LogP contribution in [0.2, 0.25) is 0 Å². The van der Waals surface area contributed by atoms with E-state index in [0.29, 0.717) is 12.8 Å². The van der Waals surface area contributed by atoms with Gasteiger partial charge >= 0.3 is 5.97 Å². The van der Waals surface area contributed by atoms with Gasteiger partial charge < -0.3 is 20.3 Å². The van der Waals surface area contributed by atoms with Crippen molar-refractivity contribution in [3.63, 3.8) is 0 Å². The Bertz CT molecular complexity index is 398. The zero-order valence-corrected chi connectivity index (χ0v) is 13.9. The number of hydrogen-bond acceptors (Lipinski definition) is 4. The Morgan fingerprint density at radius 1 is 1.36 bits per heavy atom. The van der Waals surface area contributed by atoms with Crippen LogP contribution in [0.1, 0.15) is 39.0 Å². The van der Waals surface area contributed by atoms with Crippen LogP contribution < -0.4 is 10.6 Å². The van der Waals surface area contributed by atoms with E-state index in [0.717, 1.165) is 44.9 Å².